The van der Waals surface area contributed by atoms with E-state index in [0.29, 0.717) is 35.9 Å². The number of furan rings is 1. The van der Waals surface area contributed by atoms with E-state index in [4.69, 9.17) is 4.42 Å². The van der Waals surface area contributed by atoms with Crippen LogP contribution in [-0.4, -0.2) is 48.6 Å². The molecule has 194 valence electrons. The molecule has 0 bridgehead atoms. The lowest BCUT2D eigenvalue weighted by atomic mass is 9.88. The molecule has 0 radical (unpaired) electrons. The Balaban J connectivity index is 2.00. The minimum Gasteiger partial charge on any atom is -0.481 e. The fourth-order valence-electron chi connectivity index (χ4n) is 3.88. The van der Waals surface area contributed by atoms with Gasteiger partial charge in [0.1, 0.15) is 11.6 Å². The van der Waals surface area contributed by atoms with Crippen LogP contribution in [0.5, 0.6) is 0 Å². The van der Waals surface area contributed by atoms with E-state index >= 15 is 0 Å². The average Bonchev–Trinajstić information content (AvgIpc) is 3.20. The standard InChI is InChI=1S/C25H30FN3O6S/c1-5-15-13-18-20(22(30)27-4)21(16-7-9-17(26)10-8-16)35-23(18)28-19(15)14-29(36(33)34)12-6-11-25(2,3)24(31)32/h7-10,13H,5-6,11-12,14H2,1-4H3,(H,27,30)(H,31,32)(H,33,34). The first-order valence-electron chi connectivity index (χ1n) is 11.5. The maximum absolute atomic E-state index is 13.5. The van der Waals surface area contributed by atoms with Gasteiger partial charge in [0.2, 0.25) is 17.0 Å². The number of hydrogen-bond acceptors (Lipinski definition) is 5. The molecule has 0 aliphatic carbocycles. The summed E-state index contributed by atoms with van der Waals surface area (Å²) in [6.45, 7) is 5.34. The van der Waals surface area contributed by atoms with Gasteiger partial charge in [-0.2, -0.15) is 4.31 Å². The second-order valence-electron chi connectivity index (χ2n) is 9.08. The number of aliphatic carboxylic acids is 1. The Labute approximate surface area is 211 Å². The Bertz CT molecular complexity index is 1290. The number of carboxylic acids is 1. The topological polar surface area (TPSA) is 133 Å². The zero-order valence-electron chi connectivity index (χ0n) is 20.6. The van der Waals surface area contributed by atoms with Crippen molar-refractivity contribution in [3.63, 3.8) is 0 Å². The van der Waals surface area contributed by atoms with Gasteiger partial charge in [0.15, 0.2) is 0 Å². The van der Waals surface area contributed by atoms with Crippen LogP contribution in [0.15, 0.2) is 34.7 Å². The number of aromatic nitrogens is 1. The molecule has 11 heteroatoms. The van der Waals surface area contributed by atoms with Gasteiger partial charge < -0.3 is 14.8 Å². The Kier molecular flexibility index (Phi) is 8.59. The minimum absolute atomic E-state index is 0.0254. The van der Waals surface area contributed by atoms with Gasteiger partial charge in [0.05, 0.1) is 28.6 Å². The van der Waals surface area contributed by atoms with Crippen LogP contribution in [0.4, 0.5) is 4.39 Å². The molecule has 0 aliphatic rings. The van der Waals surface area contributed by atoms with Gasteiger partial charge in [-0.3, -0.25) is 14.1 Å². The van der Waals surface area contributed by atoms with E-state index in [1.165, 1.54) is 35.6 Å². The van der Waals surface area contributed by atoms with Crippen molar-refractivity contribution in [2.75, 3.05) is 13.6 Å². The largest absolute Gasteiger partial charge is 0.481 e. The van der Waals surface area contributed by atoms with Crippen LogP contribution in [-0.2, 0) is 29.0 Å². The zero-order valence-corrected chi connectivity index (χ0v) is 21.4. The minimum atomic E-state index is -2.31. The summed E-state index contributed by atoms with van der Waals surface area (Å²) >= 11 is -2.31. The molecule has 2 heterocycles. The fourth-order valence-corrected chi connectivity index (χ4v) is 4.40. The summed E-state index contributed by atoms with van der Waals surface area (Å²) in [5.74, 6) is -1.49. The zero-order chi connectivity index (χ0) is 26.6. The highest BCUT2D eigenvalue weighted by Crippen LogP contribution is 2.34. The lowest BCUT2D eigenvalue weighted by molar-refractivity contribution is -0.147. The Hall–Kier alpha value is -3.15. The van der Waals surface area contributed by atoms with Crippen LogP contribution >= 0.6 is 0 Å². The van der Waals surface area contributed by atoms with Crippen LogP contribution in [0.2, 0.25) is 0 Å². The summed E-state index contributed by atoms with van der Waals surface area (Å²) in [5.41, 5.74) is 1.28. The Morgan fingerprint density at radius 2 is 1.92 bits per heavy atom. The summed E-state index contributed by atoms with van der Waals surface area (Å²) in [6, 6.07) is 7.34. The van der Waals surface area contributed by atoms with Gasteiger partial charge in [-0.25, -0.2) is 13.6 Å². The van der Waals surface area contributed by atoms with Crippen molar-refractivity contribution in [2.24, 2.45) is 5.41 Å². The van der Waals surface area contributed by atoms with Crippen LogP contribution in [0.3, 0.4) is 0 Å². The number of fused-ring (bicyclic) bond motifs is 1. The second-order valence-corrected chi connectivity index (χ2v) is 10.1. The molecule has 3 N–H and O–H groups in total. The van der Waals surface area contributed by atoms with Gasteiger partial charge in [-0.05, 0) is 69.0 Å². The molecular formula is C25H30FN3O6S. The molecule has 0 saturated carbocycles. The van der Waals surface area contributed by atoms with Crippen LogP contribution in [0.25, 0.3) is 22.4 Å². The lowest BCUT2D eigenvalue weighted by Crippen LogP contribution is -2.30. The third kappa shape index (κ3) is 5.97. The van der Waals surface area contributed by atoms with Crippen LogP contribution < -0.4 is 5.32 Å². The number of carbonyl (C=O) groups is 2. The third-order valence-corrected chi connectivity index (χ3v) is 6.88. The van der Waals surface area contributed by atoms with E-state index in [2.05, 4.69) is 10.3 Å². The maximum Gasteiger partial charge on any atom is 0.309 e. The lowest BCUT2D eigenvalue weighted by Gasteiger charge is -2.22. The quantitative estimate of drug-likeness (QED) is 0.320. The van der Waals surface area contributed by atoms with Gasteiger partial charge in [-0.15, -0.1) is 0 Å². The summed E-state index contributed by atoms with van der Waals surface area (Å²) in [4.78, 5) is 28.7. The van der Waals surface area contributed by atoms with Gasteiger partial charge in [0, 0.05) is 19.2 Å². The smallest absolute Gasteiger partial charge is 0.309 e. The number of carbonyl (C=O) groups excluding carboxylic acids is 1. The number of amides is 1. The molecule has 1 aromatic carbocycles. The van der Waals surface area contributed by atoms with Crippen molar-refractivity contribution in [2.45, 2.75) is 46.6 Å². The number of aryl methyl sites for hydroxylation is 1. The molecule has 0 aliphatic heterocycles. The fraction of sp³-hybridized carbons (Fsp3) is 0.400. The predicted molar refractivity (Wildman–Crippen MR) is 134 cm³/mol. The summed E-state index contributed by atoms with van der Waals surface area (Å²) < 4.78 is 42.6. The summed E-state index contributed by atoms with van der Waals surface area (Å²) in [7, 11) is 1.50. The highest BCUT2D eigenvalue weighted by atomic mass is 32.2. The monoisotopic (exact) mass is 519 g/mol. The average molecular weight is 520 g/mol. The van der Waals surface area contributed by atoms with Gasteiger partial charge in [-0.1, -0.05) is 6.92 Å². The molecular weight excluding hydrogens is 489 g/mol. The van der Waals surface area contributed by atoms with E-state index in [9.17, 15) is 27.8 Å². The van der Waals surface area contributed by atoms with Crippen molar-refractivity contribution in [1.82, 2.24) is 14.6 Å². The number of nitrogens with one attached hydrogen (secondary N) is 1. The van der Waals surface area contributed by atoms with E-state index in [-0.39, 0.29) is 36.0 Å². The van der Waals surface area contributed by atoms with Crippen LogP contribution in [0.1, 0.15) is 55.2 Å². The molecule has 1 atom stereocenters. The number of pyridine rings is 1. The molecule has 0 fully saturated rings. The van der Waals surface area contributed by atoms with Gasteiger partial charge in [0.25, 0.3) is 5.91 Å². The Morgan fingerprint density at radius 3 is 2.47 bits per heavy atom. The normalized spacial score (nSPS) is 12.8. The number of carboxylic acid groups (broad SMARTS) is 1. The molecule has 2 aromatic heterocycles. The van der Waals surface area contributed by atoms with E-state index in [1.54, 1.807) is 19.9 Å². The first-order chi connectivity index (χ1) is 17.0. The molecule has 0 saturated heterocycles. The number of rotatable bonds is 11. The highest BCUT2D eigenvalue weighted by molar-refractivity contribution is 7.76. The van der Waals surface area contributed by atoms with E-state index in [1.807, 2.05) is 6.92 Å². The molecule has 1 unspecified atom stereocenters. The van der Waals surface area contributed by atoms with E-state index in [0.717, 1.165) is 5.56 Å². The van der Waals surface area contributed by atoms with Crippen molar-refractivity contribution < 1.29 is 32.3 Å². The highest BCUT2D eigenvalue weighted by Gasteiger charge is 2.28. The first-order valence-corrected chi connectivity index (χ1v) is 12.6. The van der Waals surface area contributed by atoms with E-state index < -0.39 is 28.5 Å². The van der Waals surface area contributed by atoms with Gasteiger partial charge >= 0.3 is 5.97 Å². The molecule has 0 spiro atoms. The molecule has 3 rings (SSSR count). The van der Waals surface area contributed by atoms with Crippen LogP contribution in [0, 0.1) is 11.2 Å². The first kappa shape index (κ1) is 27.4. The third-order valence-electron chi connectivity index (χ3n) is 6.13. The Morgan fingerprint density at radius 1 is 1.25 bits per heavy atom. The van der Waals surface area contributed by atoms with Crippen molar-refractivity contribution in [3.8, 4) is 11.3 Å². The number of benzene rings is 1. The summed E-state index contributed by atoms with van der Waals surface area (Å²) in [6.07, 6.45) is 1.27. The molecule has 1 amide bonds. The number of nitrogens with zero attached hydrogens (tertiary/aromatic N) is 2. The SMILES string of the molecule is CCc1cc2c(C(=O)NC)c(-c3ccc(F)cc3)oc2nc1CN(CCCC(C)(C)C(=O)O)S(=O)O. The van der Waals surface area contributed by atoms with Crippen molar-refractivity contribution in [3.05, 3.63) is 53.0 Å². The van der Waals surface area contributed by atoms with Crippen molar-refractivity contribution in [1.29, 1.82) is 0 Å². The number of halogens is 1. The number of hydrogen-bond donors (Lipinski definition) is 3. The van der Waals surface area contributed by atoms with Crippen molar-refractivity contribution >= 4 is 34.2 Å². The predicted octanol–water partition coefficient (Wildman–Crippen LogP) is 4.39. The molecule has 36 heavy (non-hydrogen) atoms. The molecule has 9 nitrogen and oxygen atoms in total. The summed E-state index contributed by atoms with van der Waals surface area (Å²) in [5, 5.41) is 12.4. The maximum atomic E-state index is 13.5. The molecule has 3 aromatic rings. The second kappa shape index (κ2) is 11.3.